The van der Waals surface area contributed by atoms with Gasteiger partial charge in [0.1, 0.15) is 10.9 Å². The highest BCUT2D eigenvalue weighted by Crippen LogP contribution is 2.80. The van der Waals surface area contributed by atoms with Crippen molar-refractivity contribution in [2.24, 2.45) is 5.92 Å². The first kappa shape index (κ1) is 23.7. The molecule has 0 aromatic heterocycles. The number of benzene rings is 4. The lowest BCUT2D eigenvalue weighted by Crippen LogP contribution is -2.39. The molecule has 1 heterocycles. The average Bonchev–Trinajstić information content (AvgIpc) is 3.13. The van der Waals surface area contributed by atoms with Gasteiger partial charge in [0.2, 0.25) is 0 Å². The van der Waals surface area contributed by atoms with Gasteiger partial charge in [-0.25, -0.2) is 4.67 Å². The van der Waals surface area contributed by atoms with Crippen LogP contribution in [0.4, 0.5) is 0 Å². The molecule has 184 valence electrons. The van der Waals surface area contributed by atoms with E-state index in [1.807, 2.05) is 96.6 Å². The summed E-state index contributed by atoms with van der Waals surface area (Å²) in [6, 6.07) is 31.9. The maximum atomic E-state index is 16.3. The molecule has 1 saturated heterocycles. The Hall–Kier alpha value is -3.72. The fraction of sp³-hybridized carbons (Fsp3) is 0.156. The number of carbonyl (C=O) groups excluding carboxylic acids is 1. The summed E-state index contributed by atoms with van der Waals surface area (Å²) in [5.41, 5.74) is 2.88. The summed E-state index contributed by atoms with van der Waals surface area (Å²) >= 11 is 0. The van der Waals surface area contributed by atoms with Crippen LogP contribution in [0.3, 0.4) is 0 Å². The molecule has 0 radical (unpaired) electrons. The molecule has 1 aliphatic heterocycles. The topological polar surface area (TPSA) is 46.6 Å². The molecule has 5 heteroatoms. The second-order valence-electron chi connectivity index (χ2n) is 9.76. The van der Waals surface area contributed by atoms with Gasteiger partial charge in [-0.15, -0.1) is 0 Å². The van der Waals surface area contributed by atoms with Gasteiger partial charge in [0, 0.05) is 24.2 Å². The summed E-state index contributed by atoms with van der Waals surface area (Å²) in [5, 5.41) is 1.50. The smallest absolute Gasteiger partial charge is 0.307 e. The minimum Gasteiger partial charge on any atom is -0.430 e. The van der Waals surface area contributed by atoms with Crippen LogP contribution >= 0.6 is 7.29 Å². The Morgan fingerprint density at radius 2 is 1.59 bits per heavy atom. The summed E-state index contributed by atoms with van der Waals surface area (Å²) in [6.07, 6.45) is 4.23. The van der Waals surface area contributed by atoms with Gasteiger partial charge in [-0.2, -0.15) is 0 Å². The fourth-order valence-electron chi connectivity index (χ4n) is 6.53. The first-order chi connectivity index (χ1) is 17.9. The van der Waals surface area contributed by atoms with Gasteiger partial charge in [-0.3, -0.25) is 9.36 Å². The molecule has 0 N–H and O–H groups in total. The largest absolute Gasteiger partial charge is 0.430 e. The summed E-state index contributed by atoms with van der Waals surface area (Å²) in [4.78, 5) is 12.4. The van der Waals surface area contributed by atoms with Crippen molar-refractivity contribution in [3.63, 3.8) is 0 Å². The second kappa shape index (κ2) is 8.69. The van der Waals surface area contributed by atoms with Crippen molar-refractivity contribution in [3.05, 3.63) is 132 Å². The molecule has 6 rings (SSSR count). The summed E-state index contributed by atoms with van der Waals surface area (Å²) in [6.45, 7) is 5.71. The molecule has 2 aliphatic rings. The highest BCUT2D eigenvalue weighted by molar-refractivity contribution is 7.71. The number of ether oxygens (including phenoxy) is 1. The molecule has 1 aliphatic carbocycles. The van der Waals surface area contributed by atoms with E-state index in [2.05, 4.69) is 30.9 Å². The van der Waals surface area contributed by atoms with Crippen molar-refractivity contribution in [1.82, 2.24) is 4.67 Å². The van der Waals surface area contributed by atoms with Crippen LogP contribution in [0, 0.1) is 5.92 Å². The van der Waals surface area contributed by atoms with Crippen LogP contribution in [0.15, 0.2) is 115 Å². The Morgan fingerprint density at radius 1 is 0.919 bits per heavy atom. The Balaban J connectivity index is 1.77. The molecule has 0 spiro atoms. The molecule has 37 heavy (non-hydrogen) atoms. The molecular weight excluding hydrogens is 477 g/mol. The van der Waals surface area contributed by atoms with Gasteiger partial charge in [0.15, 0.2) is 7.29 Å². The third-order valence-corrected chi connectivity index (χ3v) is 11.9. The van der Waals surface area contributed by atoms with Gasteiger partial charge in [-0.05, 0) is 40.6 Å². The number of hydrogen-bond acceptors (Lipinski definition) is 3. The van der Waals surface area contributed by atoms with Crippen molar-refractivity contribution in [2.75, 3.05) is 7.05 Å². The van der Waals surface area contributed by atoms with Crippen LogP contribution in [0.2, 0.25) is 0 Å². The van der Waals surface area contributed by atoms with E-state index in [9.17, 15) is 4.79 Å². The maximum absolute atomic E-state index is 16.3. The molecule has 4 aromatic carbocycles. The van der Waals surface area contributed by atoms with Crippen molar-refractivity contribution in [3.8, 4) is 0 Å². The van der Waals surface area contributed by atoms with Crippen LogP contribution in [0.5, 0.6) is 0 Å². The van der Waals surface area contributed by atoms with E-state index in [1.165, 1.54) is 6.92 Å². The molecule has 4 atom stereocenters. The summed E-state index contributed by atoms with van der Waals surface area (Å²) < 4.78 is 24.1. The number of fused-ring (bicyclic) bond motifs is 4. The Bertz CT molecular complexity index is 1620. The third-order valence-electron chi connectivity index (χ3n) is 7.93. The first-order valence-electron chi connectivity index (χ1n) is 12.4. The average molecular weight is 506 g/mol. The van der Waals surface area contributed by atoms with E-state index in [1.54, 1.807) is 0 Å². The minimum atomic E-state index is -3.58. The minimum absolute atomic E-state index is 0.225. The van der Waals surface area contributed by atoms with E-state index >= 15 is 4.57 Å². The number of carbonyl (C=O) groups is 1. The molecule has 4 nitrogen and oxygen atoms in total. The standard InChI is InChI=1S/C32H28NO3P/c1-22(36-23(2)34)32-28-18-10-8-13-25(28)20-21-29(32)31(26-14-5-4-6-15-26)33(3)37(32,35)30-19-11-16-24-12-7-9-17-27(24)30/h4-21,29,31H,1H2,2-3H3/t29-,31+,32-,37?/m0/s1. The number of rotatable bonds is 4. The predicted octanol–water partition coefficient (Wildman–Crippen LogP) is 7.05. The molecular formula is C32H28NO3P. The van der Waals surface area contributed by atoms with Crippen LogP contribution < -0.4 is 5.30 Å². The van der Waals surface area contributed by atoms with Crippen LogP contribution in [0.1, 0.15) is 29.7 Å². The van der Waals surface area contributed by atoms with Gasteiger partial charge in [-0.1, -0.05) is 110 Å². The summed E-state index contributed by atoms with van der Waals surface area (Å²) in [5.74, 6) is -0.532. The van der Waals surface area contributed by atoms with Crippen LogP contribution in [-0.2, 0) is 19.3 Å². The zero-order valence-electron chi connectivity index (χ0n) is 20.9. The van der Waals surface area contributed by atoms with Crippen LogP contribution in [0.25, 0.3) is 16.8 Å². The molecule has 0 amide bonds. The van der Waals surface area contributed by atoms with Crippen molar-refractivity contribution < 1.29 is 14.1 Å². The number of hydrogen-bond donors (Lipinski definition) is 0. The number of esters is 1. The first-order valence-corrected chi connectivity index (χ1v) is 14.1. The highest BCUT2D eigenvalue weighted by atomic mass is 31.2. The van der Waals surface area contributed by atoms with Gasteiger partial charge < -0.3 is 4.74 Å². The Labute approximate surface area is 217 Å². The van der Waals surface area contributed by atoms with E-state index in [0.29, 0.717) is 0 Å². The SMILES string of the molecule is C=C(OC(C)=O)[C@]12c3ccccc3C=C[C@H]1[C@@H](c1ccccc1)N(C)P2(=O)c1cccc2ccccc12. The van der Waals surface area contributed by atoms with E-state index in [-0.39, 0.29) is 17.7 Å². The van der Waals surface area contributed by atoms with E-state index in [4.69, 9.17) is 4.74 Å². The van der Waals surface area contributed by atoms with Crippen LogP contribution in [-0.4, -0.2) is 17.7 Å². The van der Waals surface area contributed by atoms with Gasteiger partial charge in [0.25, 0.3) is 0 Å². The number of allylic oxidation sites excluding steroid dienone is 1. The Morgan fingerprint density at radius 3 is 2.38 bits per heavy atom. The number of nitrogens with zero attached hydrogens (tertiary/aromatic N) is 1. The normalized spacial score (nSPS) is 26.4. The molecule has 0 saturated carbocycles. The van der Waals surface area contributed by atoms with Gasteiger partial charge in [0.05, 0.1) is 0 Å². The maximum Gasteiger partial charge on any atom is 0.307 e. The third kappa shape index (κ3) is 3.19. The lowest BCUT2D eigenvalue weighted by molar-refractivity contribution is -0.137. The summed E-state index contributed by atoms with van der Waals surface area (Å²) in [7, 11) is -1.64. The lowest BCUT2D eigenvalue weighted by atomic mass is 9.72. The van der Waals surface area contributed by atoms with E-state index in [0.717, 1.165) is 32.8 Å². The monoisotopic (exact) mass is 505 g/mol. The van der Waals surface area contributed by atoms with Crippen molar-refractivity contribution in [2.45, 2.75) is 18.1 Å². The Kier molecular flexibility index (Phi) is 5.56. The quantitative estimate of drug-likeness (QED) is 0.169. The molecule has 1 unspecified atom stereocenters. The van der Waals surface area contributed by atoms with E-state index < -0.39 is 18.4 Å². The molecule has 0 bridgehead atoms. The van der Waals surface area contributed by atoms with Gasteiger partial charge >= 0.3 is 5.97 Å². The fourth-order valence-corrected chi connectivity index (χ4v) is 10.7. The lowest BCUT2D eigenvalue weighted by Gasteiger charge is -2.43. The molecule has 1 fully saturated rings. The zero-order valence-corrected chi connectivity index (χ0v) is 21.8. The zero-order chi connectivity index (χ0) is 25.8. The molecule has 4 aromatic rings. The van der Waals surface area contributed by atoms with Crippen molar-refractivity contribution in [1.29, 1.82) is 0 Å². The van der Waals surface area contributed by atoms with Crippen molar-refractivity contribution >= 4 is 35.4 Å². The highest BCUT2D eigenvalue weighted by Gasteiger charge is 2.70. The predicted molar refractivity (Wildman–Crippen MR) is 150 cm³/mol. The second-order valence-corrected chi connectivity index (χ2v) is 12.7.